The number of anilines is 1. The second-order valence-electron chi connectivity index (χ2n) is 6.66. The lowest BCUT2D eigenvalue weighted by atomic mass is 10.2. The Hall–Kier alpha value is -2.32. The number of carbonyl (C=O) groups excluding carboxylic acids is 1. The first-order valence-corrected chi connectivity index (χ1v) is 10.4. The van der Waals surface area contributed by atoms with Gasteiger partial charge in [0, 0.05) is 57.5 Å². The molecule has 9 heteroatoms. The van der Waals surface area contributed by atoms with Gasteiger partial charge in [-0.3, -0.25) is 9.78 Å². The molecule has 28 heavy (non-hydrogen) atoms. The summed E-state index contributed by atoms with van der Waals surface area (Å²) in [4.78, 5) is 27.8. The predicted octanol–water partition coefficient (Wildman–Crippen LogP) is 2.15. The molecule has 0 unspecified atom stereocenters. The highest BCUT2D eigenvalue weighted by molar-refractivity contribution is 7.09. The molecule has 1 fully saturated rings. The van der Waals surface area contributed by atoms with Crippen molar-refractivity contribution in [2.75, 3.05) is 51.7 Å². The summed E-state index contributed by atoms with van der Waals surface area (Å²) in [6.07, 6.45) is 3.43. The van der Waals surface area contributed by atoms with Crippen molar-refractivity contribution in [1.82, 2.24) is 20.1 Å². The number of rotatable bonds is 5. The standard InChI is InChI=1S/C19H25ClN6OS/c1-24(2)18(27)14-23-19(22-12-15-4-3-11-28-15)26-9-7-25(8-10-26)17-5-6-21-13-16(17)20/h3-6,11,13H,7-10,12,14H2,1-2H3,(H,22,23). The molecular weight excluding hydrogens is 396 g/mol. The minimum Gasteiger partial charge on any atom is -0.367 e. The van der Waals surface area contributed by atoms with Crippen LogP contribution in [0.2, 0.25) is 5.02 Å². The molecule has 1 aliphatic heterocycles. The predicted molar refractivity (Wildman–Crippen MR) is 115 cm³/mol. The molecule has 0 atom stereocenters. The molecule has 3 rings (SSSR count). The highest BCUT2D eigenvalue weighted by Gasteiger charge is 2.21. The van der Waals surface area contributed by atoms with Gasteiger partial charge in [0.2, 0.25) is 5.91 Å². The molecule has 0 spiro atoms. The van der Waals surface area contributed by atoms with Crippen molar-refractivity contribution in [3.05, 3.63) is 45.9 Å². The van der Waals surface area contributed by atoms with E-state index in [1.54, 1.807) is 42.7 Å². The number of aromatic nitrogens is 1. The van der Waals surface area contributed by atoms with Gasteiger partial charge in [0.1, 0.15) is 6.54 Å². The van der Waals surface area contributed by atoms with E-state index >= 15 is 0 Å². The fraction of sp³-hybridized carbons (Fsp3) is 0.421. The van der Waals surface area contributed by atoms with E-state index in [4.69, 9.17) is 11.6 Å². The maximum absolute atomic E-state index is 12.0. The van der Waals surface area contributed by atoms with E-state index in [1.165, 1.54) is 4.88 Å². The number of hydrogen-bond acceptors (Lipinski definition) is 5. The quantitative estimate of drug-likeness (QED) is 0.593. The van der Waals surface area contributed by atoms with Crippen LogP contribution in [0, 0.1) is 0 Å². The van der Waals surface area contributed by atoms with Gasteiger partial charge in [-0.25, -0.2) is 4.99 Å². The summed E-state index contributed by atoms with van der Waals surface area (Å²) in [6.45, 7) is 4.07. The number of guanidine groups is 1. The molecule has 150 valence electrons. The van der Waals surface area contributed by atoms with Gasteiger partial charge in [-0.2, -0.15) is 0 Å². The number of nitrogens with one attached hydrogen (secondary N) is 1. The third-order valence-electron chi connectivity index (χ3n) is 4.53. The van der Waals surface area contributed by atoms with Gasteiger partial charge in [-0.1, -0.05) is 17.7 Å². The number of nitrogens with zero attached hydrogens (tertiary/aromatic N) is 5. The SMILES string of the molecule is CN(C)C(=O)CN=C(NCc1cccs1)N1CCN(c2ccncc2Cl)CC1. The Morgan fingerprint density at radius 3 is 2.75 bits per heavy atom. The summed E-state index contributed by atoms with van der Waals surface area (Å²) in [5.41, 5.74) is 1.00. The minimum atomic E-state index is -0.0161. The number of carbonyl (C=O) groups is 1. The van der Waals surface area contributed by atoms with Crippen LogP contribution < -0.4 is 10.2 Å². The number of amides is 1. The van der Waals surface area contributed by atoms with Crippen LogP contribution in [0.5, 0.6) is 0 Å². The van der Waals surface area contributed by atoms with Gasteiger partial charge in [0.05, 0.1) is 17.3 Å². The molecule has 7 nitrogen and oxygen atoms in total. The summed E-state index contributed by atoms with van der Waals surface area (Å²) in [7, 11) is 3.49. The second-order valence-corrected chi connectivity index (χ2v) is 8.10. The molecule has 0 saturated carbocycles. The lowest BCUT2D eigenvalue weighted by Crippen LogP contribution is -2.52. The van der Waals surface area contributed by atoms with E-state index in [0.717, 1.165) is 37.8 Å². The van der Waals surface area contributed by atoms with Gasteiger partial charge in [0.25, 0.3) is 0 Å². The summed E-state index contributed by atoms with van der Waals surface area (Å²) in [6, 6.07) is 6.06. The van der Waals surface area contributed by atoms with E-state index in [0.29, 0.717) is 11.6 Å². The van der Waals surface area contributed by atoms with Crippen LogP contribution in [-0.2, 0) is 11.3 Å². The van der Waals surface area contributed by atoms with Crippen molar-refractivity contribution in [2.24, 2.45) is 4.99 Å². The van der Waals surface area contributed by atoms with Crippen molar-refractivity contribution in [3.8, 4) is 0 Å². The zero-order chi connectivity index (χ0) is 19.9. The van der Waals surface area contributed by atoms with Crippen molar-refractivity contribution in [2.45, 2.75) is 6.54 Å². The summed E-state index contributed by atoms with van der Waals surface area (Å²) < 4.78 is 0. The smallest absolute Gasteiger partial charge is 0.243 e. The topological polar surface area (TPSA) is 64.1 Å². The molecule has 1 saturated heterocycles. The monoisotopic (exact) mass is 420 g/mol. The van der Waals surface area contributed by atoms with Crippen LogP contribution in [0.3, 0.4) is 0 Å². The number of halogens is 1. The average Bonchev–Trinajstić information content (AvgIpc) is 3.22. The van der Waals surface area contributed by atoms with E-state index in [1.807, 2.05) is 12.1 Å². The Bertz CT molecular complexity index is 803. The van der Waals surface area contributed by atoms with Crippen molar-refractivity contribution in [3.63, 3.8) is 0 Å². The fourth-order valence-corrected chi connectivity index (χ4v) is 3.80. The molecule has 0 radical (unpaired) electrons. The minimum absolute atomic E-state index is 0.0161. The van der Waals surface area contributed by atoms with Crippen molar-refractivity contribution < 1.29 is 4.79 Å². The highest BCUT2D eigenvalue weighted by Crippen LogP contribution is 2.25. The third kappa shape index (κ3) is 5.36. The zero-order valence-corrected chi connectivity index (χ0v) is 17.7. The molecule has 1 amide bonds. The molecular formula is C19H25ClN6OS. The van der Waals surface area contributed by atoms with Crippen LogP contribution in [0.4, 0.5) is 5.69 Å². The van der Waals surface area contributed by atoms with Gasteiger partial charge in [0.15, 0.2) is 5.96 Å². The summed E-state index contributed by atoms with van der Waals surface area (Å²) in [5.74, 6) is 0.752. The molecule has 0 aliphatic carbocycles. The maximum Gasteiger partial charge on any atom is 0.243 e. The Kier molecular flexibility index (Phi) is 7.11. The molecule has 0 bridgehead atoms. The number of thiophene rings is 1. The number of piperazine rings is 1. The molecule has 2 aromatic rings. The average molecular weight is 421 g/mol. The Morgan fingerprint density at radius 2 is 2.11 bits per heavy atom. The number of hydrogen-bond donors (Lipinski definition) is 1. The van der Waals surface area contributed by atoms with Crippen LogP contribution in [-0.4, -0.2) is 73.5 Å². The van der Waals surface area contributed by atoms with Crippen molar-refractivity contribution in [1.29, 1.82) is 0 Å². The van der Waals surface area contributed by atoms with Gasteiger partial charge >= 0.3 is 0 Å². The van der Waals surface area contributed by atoms with Crippen LogP contribution in [0.1, 0.15) is 4.88 Å². The molecule has 3 heterocycles. The summed E-state index contributed by atoms with van der Waals surface area (Å²) >= 11 is 7.98. The van der Waals surface area contributed by atoms with Crippen LogP contribution in [0.15, 0.2) is 41.0 Å². The van der Waals surface area contributed by atoms with Gasteiger partial charge < -0.3 is 20.0 Å². The van der Waals surface area contributed by atoms with Gasteiger partial charge in [-0.15, -0.1) is 11.3 Å². The number of pyridine rings is 1. The molecule has 1 N–H and O–H groups in total. The molecule has 0 aromatic carbocycles. The van der Waals surface area contributed by atoms with Crippen molar-refractivity contribution >= 4 is 40.5 Å². The number of likely N-dealkylation sites (N-methyl/N-ethyl adjacent to an activating group) is 1. The maximum atomic E-state index is 12.0. The molecule has 1 aliphatic rings. The fourth-order valence-electron chi connectivity index (χ4n) is 2.91. The number of aliphatic imine (C=N–C) groups is 1. The van der Waals surface area contributed by atoms with E-state index in [-0.39, 0.29) is 12.5 Å². The van der Waals surface area contributed by atoms with Crippen LogP contribution in [0.25, 0.3) is 0 Å². The Balaban J connectivity index is 1.65. The Morgan fingerprint density at radius 1 is 1.32 bits per heavy atom. The third-order valence-corrected chi connectivity index (χ3v) is 5.70. The van der Waals surface area contributed by atoms with E-state index in [9.17, 15) is 4.79 Å². The van der Waals surface area contributed by atoms with Crippen LogP contribution >= 0.6 is 22.9 Å². The zero-order valence-electron chi connectivity index (χ0n) is 16.1. The first kappa shape index (κ1) is 20.4. The normalized spacial score (nSPS) is 14.9. The van der Waals surface area contributed by atoms with E-state index in [2.05, 4.69) is 36.5 Å². The lowest BCUT2D eigenvalue weighted by Gasteiger charge is -2.38. The second kappa shape index (κ2) is 9.75. The van der Waals surface area contributed by atoms with E-state index < -0.39 is 0 Å². The Labute approximate surface area is 174 Å². The lowest BCUT2D eigenvalue weighted by molar-refractivity contribution is -0.127. The highest BCUT2D eigenvalue weighted by atomic mass is 35.5. The first-order chi connectivity index (χ1) is 13.5. The summed E-state index contributed by atoms with van der Waals surface area (Å²) in [5, 5.41) is 6.13. The van der Waals surface area contributed by atoms with Gasteiger partial charge in [-0.05, 0) is 17.5 Å². The molecule has 2 aromatic heterocycles. The first-order valence-electron chi connectivity index (χ1n) is 9.15. The largest absolute Gasteiger partial charge is 0.367 e.